The Morgan fingerprint density at radius 1 is 1.00 bits per heavy atom. The molecular weight excluding hydrogens is 310 g/mol. The van der Waals surface area contributed by atoms with Crippen molar-refractivity contribution in [3.8, 4) is 0 Å². The first-order chi connectivity index (χ1) is 12.3. The number of hydrogen-bond donors (Lipinski definition) is 2. The van der Waals surface area contributed by atoms with Crippen molar-refractivity contribution in [2.24, 2.45) is 4.99 Å². The van der Waals surface area contributed by atoms with Gasteiger partial charge in [-0.15, -0.1) is 6.58 Å². The minimum Gasteiger partial charge on any atom is -0.372 e. The average Bonchev–Trinajstić information content (AvgIpc) is 2.66. The van der Waals surface area contributed by atoms with Crippen molar-refractivity contribution in [1.29, 1.82) is 0 Å². The second-order valence-electron chi connectivity index (χ2n) is 5.61. The summed E-state index contributed by atoms with van der Waals surface area (Å²) in [5, 5.41) is 6.45. The highest BCUT2D eigenvalue weighted by atomic mass is 16.5. The van der Waals surface area contributed by atoms with E-state index in [1.807, 2.05) is 36.4 Å². The quantitative estimate of drug-likeness (QED) is 0.417. The smallest absolute Gasteiger partial charge is 0.191 e. The molecule has 0 aliphatic heterocycles. The summed E-state index contributed by atoms with van der Waals surface area (Å²) in [4.78, 5) is 4.64. The lowest BCUT2D eigenvalue weighted by Gasteiger charge is -2.12. The maximum absolute atomic E-state index is 5.87. The normalized spacial score (nSPS) is 11.2. The molecule has 4 heteroatoms. The van der Waals surface area contributed by atoms with E-state index in [2.05, 4.69) is 53.4 Å². The molecule has 2 rings (SSSR count). The van der Waals surface area contributed by atoms with Crippen molar-refractivity contribution in [3.63, 3.8) is 0 Å². The Balaban J connectivity index is 1.95. The molecule has 2 aromatic rings. The minimum absolute atomic E-state index is 0.581. The van der Waals surface area contributed by atoms with Crippen LogP contribution in [0.15, 0.2) is 72.2 Å². The van der Waals surface area contributed by atoms with Crippen LogP contribution in [0, 0.1) is 0 Å². The number of ether oxygens (including phenoxy) is 1. The van der Waals surface area contributed by atoms with Crippen molar-refractivity contribution < 1.29 is 4.74 Å². The zero-order valence-electron chi connectivity index (χ0n) is 14.9. The van der Waals surface area contributed by atoms with Crippen LogP contribution in [0.2, 0.25) is 0 Å². The molecule has 0 fully saturated rings. The third kappa shape index (κ3) is 6.81. The van der Waals surface area contributed by atoms with Gasteiger partial charge < -0.3 is 15.4 Å². The highest BCUT2D eigenvalue weighted by Gasteiger charge is 2.03. The van der Waals surface area contributed by atoms with Crippen LogP contribution in [0.1, 0.15) is 23.6 Å². The Morgan fingerprint density at radius 3 is 2.44 bits per heavy atom. The van der Waals surface area contributed by atoms with Crippen LogP contribution in [0.3, 0.4) is 0 Å². The molecule has 0 atom stereocenters. The van der Waals surface area contributed by atoms with Crippen molar-refractivity contribution in [1.82, 2.24) is 10.6 Å². The summed E-state index contributed by atoms with van der Waals surface area (Å²) in [5.74, 6) is 0.794. The van der Waals surface area contributed by atoms with Gasteiger partial charge in [-0.25, -0.2) is 4.99 Å². The number of guanidine groups is 1. The van der Waals surface area contributed by atoms with E-state index in [-0.39, 0.29) is 0 Å². The standard InChI is InChI=1S/C21H27N3O/c1-3-14-23-21(22-4-2)24-15-19-12-8-9-13-20(19)17-25-16-18-10-6-5-7-11-18/h3,5-13H,1,4,14-17H2,2H3,(H2,22,23,24). The lowest BCUT2D eigenvalue weighted by atomic mass is 10.1. The Hall–Kier alpha value is -2.59. The maximum atomic E-state index is 5.87. The molecule has 0 unspecified atom stereocenters. The predicted octanol–water partition coefficient (Wildman–Crippen LogP) is 3.64. The zero-order chi connectivity index (χ0) is 17.7. The first-order valence-corrected chi connectivity index (χ1v) is 8.65. The summed E-state index contributed by atoms with van der Waals surface area (Å²) in [6.45, 7) is 9.09. The fourth-order valence-electron chi connectivity index (χ4n) is 2.38. The van der Waals surface area contributed by atoms with Gasteiger partial charge in [0.2, 0.25) is 0 Å². The van der Waals surface area contributed by atoms with Crippen LogP contribution >= 0.6 is 0 Å². The first-order valence-electron chi connectivity index (χ1n) is 8.65. The monoisotopic (exact) mass is 337 g/mol. The summed E-state index contributed by atoms with van der Waals surface area (Å²) in [7, 11) is 0. The summed E-state index contributed by atoms with van der Waals surface area (Å²) >= 11 is 0. The van der Waals surface area contributed by atoms with Crippen molar-refractivity contribution in [2.75, 3.05) is 13.1 Å². The van der Waals surface area contributed by atoms with Gasteiger partial charge in [0.15, 0.2) is 5.96 Å². The van der Waals surface area contributed by atoms with E-state index >= 15 is 0 Å². The number of aliphatic imine (C=N–C) groups is 1. The number of benzene rings is 2. The Labute approximate surface area is 150 Å². The summed E-state index contributed by atoms with van der Waals surface area (Å²) < 4.78 is 5.87. The van der Waals surface area contributed by atoms with Crippen LogP contribution in [0.4, 0.5) is 0 Å². The van der Waals surface area contributed by atoms with E-state index in [0.717, 1.165) is 12.5 Å². The number of hydrogen-bond acceptors (Lipinski definition) is 2. The second kappa shape index (κ2) is 11.0. The molecule has 2 aromatic carbocycles. The van der Waals surface area contributed by atoms with Crippen LogP contribution in [0.25, 0.3) is 0 Å². The summed E-state index contributed by atoms with van der Waals surface area (Å²) in [5.41, 5.74) is 3.52. The second-order valence-corrected chi connectivity index (χ2v) is 5.61. The van der Waals surface area contributed by atoms with Gasteiger partial charge in [0, 0.05) is 13.1 Å². The molecule has 0 aliphatic carbocycles. The van der Waals surface area contributed by atoms with E-state index in [1.54, 1.807) is 0 Å². The fourth-order valence-corrected chi connectivity index (χ4v) is 2.38. The summed E-state index contributed by atoms with van der Waals surface area (Å²) in [6, 6.07) is 18.5. The summed E-state index contributed by atoms with van der Waals surface area (Å²) in [6.07, 6.45) is 1.82. The lowest BCUT2D eigenvalue weighted by Crippen LogP contribution is -2.37. The van der Waals surface area contributed by atoms with Crippen LogP contribution < -0.4 is 10.6 Å². The van der Waals surface area contributed by atoms with E-state index in [0.29, 0.717) is 26.3 Å². The topological polar surface area (TPSA) is 45.7 Å². The Kier molecular flexibility index (Phi) is 8.29. The van der Waals surface area contributed by atoms with E-state index in [1.165, 1.54) is 16.7 Å². The largest absolute Gasteiger partial charge is 0.372 e. The molecule has 0 radical (unpaired) electrons. The molecule has 0 aliphatic rings. The van der Waals surface area contributed by atoms with Gasteiger partial charge in [-0.1, -0.05) is 60.7 Å². The van der Waals surface area contributed by atoms with Gasteiger partial charge in [-0.05, 0) is 23.6 Å². The van der Waals surface area contributed by atoms with Gasteiger partial charge in [0.05, 0.1) is 19.8 Å². The van der Waals surface area contributed by atoms with Gasteiger partial charge in [0.25, 0.3) is 0 Å². The van der Waals surface area contributed by atoms with Crippen LogP contribution in [-0.2, 0) is 24.5 Å². The molecule has 0 aromatic heterocycles. The van der Waals surface area contributed by atoms with Crippen molar-refractivity contribution >= 4 is 5.96 Å². The average molecular weight is 337 g/mol. The molecular formula is C21H27N3O. The Bertz CT molecular complexity index is 668. The molecule has 0 spiro atoms. The zero-order valence-corrected chi connectivity index (χ0v) is 14.9. The molecule has 0 amide bonds. The molecule has 4 nitrogen and oxygen atoms in total. The van der Waals surface area contributed by atoms with Crippen molar-refractivity contribution in [2.45, 2.75) is 26.7 Å². The van der Waals surface area contributed by atoms with E-state index < -0.39 is 0 Å². The number of rotatable bonds is 9. The maximum Gasteiger partial charge on any atom is 0.191 e. The highest BCUT2D eigenvalue weighted by molar-refractivity contribution is 5.79. The first kappa shape index (κ1) is 18.7. The molecule has 25 heavy (non-hydrogen) atoms. The van der Waals surface area contributed by atoms with Gasteiger partial charge in [-0.3, -0.25) is 0 Å². The predicted molar refractivity (Wildman–Crippen MR) is 104 cm³/mol. The number of nitrogens with zero attached hydrogens (tertiary/aromatic N) is 1. The Morgan fingerprint density at radius 2 is 1.72 bits per heavy atom. The molecule has 0 saturated heterocycles. The van der Waals surface area contributed by atoms with Gasteiger partial charge in [0.1, 0.15) is 0 Å². The van der Waals surface area contributed by atoms with E-state index in [4.69, 9.17) is 4.74 Å². The van der Waals surface area contributed by atoms with Crippen LogP contribution in [-0.4, -0.2) is 19.0 Å². The van der Waals surface area contributed by atoms with Crippen molar-refractivity contribution in [3.05, 3.63) is 83.9 Å². The third-order valence-electron chi connectivity index (χ3n) is 3.65. The molecule has 0 saturated carbocycles. The molecule has 132 valence electrons. The van der Waals surface area contributed by atoms with Gasteiger partial charge >= 0.3 is 0 Å². The van der Waals surface area contributed by atoms with Gasteiger partial charge in [-0.2, -0.15) is 0 Å². The molecule has 0 bridgehead atoms. The number of nitrogens with one attached hydrogen (secondary N) is 2. The highest BCUT2D eigenvalue weighted by Crippen LogP contribution is 2.13. The lowest BCUT2D eigenvalue weighted by molar-refractivity contribution is 0.106. The van der Waals surface area contributed by atoms with Crippen LogP contribution in [0.5, 0.6) is 0 Å². The minimum atomic E-state index is 0.581. The molecule has 0 heterocycles. The fraction of sp³-hybridized carbons (Fsp3) is 0.286. The molecule has 2 N–H and O–H groups in total. The SMILES string of the molecule is C=CCNC(=NCc1ccccc1COCc1ccccc1)NCC. The third-order valence-corrected chi connectivity index (χ3v) is 3.65. The van der Waals surface area contributed by atoms with E-state index in [9.17, 15) is 0 Å².